The Morgan fingerprint density at radius 1 is 0.941 bits per heavy atom. The summed E-state index contributed by atoms with van der Waals surface area (Å²) >= 11 is 0. The highest BCUT2D eigenvalue weighted by Gasteiger charge is 2.26. The first-order chi connectivity index (χ1) is 7.91. The molecule has 0 fully saturated rings. The van der Waals surface area contributed by atoms with Crippen LogP contribution in [0.15, 0.2) is 23.5 Å². The van der Waals surface area contributed by atoms with E-state index in [4.69, 9.17) is 9.05 Å². The van der Waals surface area contributed by atoms with Gasteiger partial charge in [-0.15, -0.1) is 0 Å². The molecule has 0 aliphatic carbocycles. The third kappa shape index (κ3) is 8.97. The van der Waals surface area contributed by atoms with E-state index in [1.54, 1.807) is 0 Å². The Morgan fingerprint density at radius 3 is 1.59 bits per heavy atom. The van der Waals surface area contributed by atoms with Gasteiger partial charge in [-0.2, -0.15) is 0 Å². The van der Waals surface area contributed by atoms with Gasteiger partial charge in [0.1, 0.15) is 0 Å². The van der Waals surface area contributed by atoms with Gasteiger partial charge in [0.25, 0.3) is 0 Å². The molecule has 0 aliphatic heterocycles. The molecule has 0 saturated carbocycles. The van der Waals surface area contributed by atoms with Crippen LogP contribution in [0, 0.1) is 0 Å². The fourth-order valence-corrected chi connectivity index (χ4v) is 1.98. The number of rotatable bonds is 8. The first-order valence-corrected chi connectivity index (χ1v) is 8.94. The Labute approximate surface area is 106 Å². The van der Waals surface area contributed by atoms with Crippen molar-refractivity contribution in [1.82, 2.24) is 11.0 Å². The van der Waals surface area contributed by atoms with Gasteiger partial charge in [-0.1, -0.05) is 26.0 Å². The summed E-state index contributed by atoms with van der Waals surface area (Å²) in [6.07, 6.45) is 6.11. The summed E-state index contributed by atoms with van der Waals surface area (Å²) in [5, 5.41) is 0. The third-order valence-corrected chi connectivity index (χ3v) is 3.12. The highest BCUT2D eigenvalue weighted by molar-refractivity contribution is 6.64. The van der Waals surface area contributed by atoms with E-state index >= 15 is 0 Å². The standard InChI is InChI=1S/C12H26N2O2Si/c1-7-9-11(3)13-15-17(5,6)16-14-12(4)10-8-2/h9-10,13-14H,7-8H2,1-6H3. The van der Waals surface area contributed by atoms with E-state index in [-0.39, 0.29) is 0 Å². The van der Waals surface area contributed by atoms with Crippen LogP contribution in [0.1, 0.15) is 40.5 Å². The van der Waals surface area contributed by atoms with Crippen molar-refractivity contribution in [2.24, 2.45) is 0 Å². The average Bonchev–Trinajstić information content (AvgIpc) is 2.25. The maximum Gasteiger partial charge on any atom is 0.384 e. The van der Waals surface area contributed by atoms with Crippen molar-refractivity contribution >= 4 is 8.56 Å². The molecule has 0 spiro atoms. The molecule has 0 bridgehead atoms. The number of nitrogens with one attached hydrogen (secondary N) is 2. The van der Waals surface area contributed by atoms with Crippen molar-refractivity contribution in [1.29, 1.82) is 0 Å². The van der Waals surface area contributed by atoms with E-state index in [2.05, 4.69) is 37.0 Å². The molecular weight excluding hydrogens is 232 g/mol. The fourth-order valence-electron chi connectivity index (χ4n) is 1.12. The van der Waals surface area contributed by atoms with Crippen LogP contribution in [0.25, 0.3) is 0 Å². The molecule has 0 atom stereocenters. The summed E-state index contributed by atoms with van der Waals surface area (Å²) in [7, 11) is -2.19. The zero-order valence-corrected chi connectivity index (χ0v) is 12.9. The molecule has 0 unspecified atom stereocenters. The molecule has 0 heterocycles. The quantitative estimate of drug-likeness (QED) is 0.517. The van der Waals surface area contributed by atoms with Gasteiger partial charge >= 0.3 is 8.56 Å². The second-order valence-corrected chi connectivity index (χ2v) is 7.61. The summed E-state index contributed by atoms with van der Waals surface area (Å²) in [6.45, 7) is 12.1. The van der Waals surface area contributed by atoms with Crippen LogP contribution in [0.4, 0.5) is 0 Å². The van der Waals surface area contributed by atoms with Gasteiger partial charge in [-0.3, -0.25) is 20.0 Å². The van der Waals surface area contributed by atoms with Crippen molar-refractivity contribution in [3.05, 3.63) is 23.5 Å². The van der Waals surface area contributed by atoms with Gasteiger partial charge in [-0.25, -0.2) is 0 Å². The zero-order valence-electron chi connectivity index (χ0n) is 11.9. The number of hydroxylamine groups is 2. The molecule has 0 aromatic carbocycles. The molecular formula is C12H26N2O2Si. The Kier molecular flexibility index (Phi) is 7.94. The minimum Gasteiger partial charge on any atom is -0.286 e. The number of hydrogen-bond acceptors (Lipinski definition) is 4. The largest absolute Gasteiger partial charge is 0.384 e. The van der Waals surface area contributed by atoms with Crippen LogP contribution in [0.2, 0.25) is 13.1 Å². The van der Waals surface area contributed by atoms with Gasteiger partial charge in [0, 0.05) is 11.4 Å². The van der Waals surface area contributed by atoms with E-state index in [0.29, 0.717) is 0 Å². The molecule has 0 saturated heterocycles. The van der Waals surface area contributed by atoms with Crippen molar-refractivity contribution in [3.63, 3.8) is 0 Å². The highest BCUT2D eigenvalue weighted by Crippen LogP contribution is 2.05. The van der Waals surface area contributed by atoms with Crippen LogP contribution in [0.5, 0.6) is 0 Å². The lowest BCUT2D eigenvalue weighted by Gasteiger charge is -2.23. The monoisotopic (exact) mass is 258 g/mol. The van der Waals surface area contributed by atoms with Crippen molar-refractivity contribution in [3.8, 4) is 0 Å². The van der Waals surface area contributed by atoms with Crippen molar-refractivity contribution < 1.29 is 9.05 Å². The smallest absolute Gasteiger partial charge is 0.286 e. The molecule has 5 heteroatoms. The Bertz CT molecular complexity index is 250. The van der Waals surface area contributed by atoms with Crippen molar-refractivity contribution in [2.75, 3.05) is 0 Å². The number of hydrogen-bond donors (Lipinski definition) is 2. The molecule has 0 rings (SSSR count). The van der Waals surface area contributed by atoms with Crippen LogP contribution in [-0.4, -0.2) is 8.56 Å². The van der Waals surface area contributed by atoms with Gasteiger partial charge in [-0.05, 0) is 39.8 Å². The molecule has 0 radical (unpaired) electrons. The summed E-state index contributed by atoms with van der Waals surface area (Å²) in [5.41, 5.74) is 7.86. The highest BCUT2D eigenvalue weighted by atomic mass is 28.4. The number of allylic oxidation sites excluding steroid dienone is 4. The van der Waals surface area contributed by atoms with Gasteiger partial charge in [0.15, 0.2) is 0 Å². The van der Waals surface area contributed by atoms with Crippen LogP contribution >= 0.6 is 0 Å². The van der Waals surface area contributed by atoms with Crippen LogP contribution in [-0.2, 0) is 9.05 Å². The normalized spacial score (nSPS) is 13.8. The second kappa shape index (κ2) is 8.33. The van der Waals surface area contributed by atoms with E-state index in [1.165, 1.54) is 0 Å². The average molecular weight is 258 g/mol. The molecule has 17 heavy (non-hydrogen) atoms. The summed E-state index contributed by atoms with van der Waals surface area (Å²) < 4.78 is 11.2. The third-order valence-electron chi connectivity index (χ3n) is 1.94. The Morgan fingerprint density at radius 2 is 1.29 bits per heavy atom. The summed E-state index contributed by atoms with van der Waals surface area (Å²) in [5.74, 6) is 0. The minimum atomic E-state index is -2.19. The molecule has 0 aliphatic rings. The topological polar surface area (TPSA) is 42.5 Å². The molecule has 100 valence electrons. The maximum absolute atomic E-state index is 5.58. The molecule has 4 nitrogen and oxygen atoms in total. The minimum absolute atomic E-state index is 0.988. The summed E-state index contributed by atoms with van der Waals surface area (Å²) in [4.78, 5) is 0. The first-order valence-electron chi connectivity index (χ1n) is 6.12. The van der Waals surface area contributed by atoms with E-state index in [9.17, 15) is 0 Å². The maximum atomic E-state index is 5.58. The van der Waals surface area contributed by atoms with Gasteiger partial charge < -0.3 is 0 Å². The van der Waals surface area contributed by atoms with Crippen molar-refractivity contribution in [2.45, 2.75) is 53.6 Å². The predicted octanol–water partition coefficient (Wildman–Crippen LogP) is 3.36. The zero-order chi connectivity index (χ0) is 13.3. The lowest BCUT2D eigenvalue weighted by molar-refractivity contribution is 0.0967. The lowest BCUT2D eigenvalue weighted by Crippen LogP contribution is -2.43. The summed E-state index contributed by atoms with van der Waals surface area (Å²) in [6, 6.07) is 0. The molecule has 0 amide bonds. The lowest BCUT2D eigenvalue weighted by atomic mass is 10.4. The second-order valence-electron chi connectivity index (χ2n) is 4.40. The van der Waals surface area contributed by atoms with E-state index < -0.39 is 8.56 Å². The van der Waals surface area contributed by atoms with Crippen LogP contribution < -0.4 is 11.0 Å². The first kappa shape index (κ1) is 16.2. The molecule has 0 aromatic heterocycles. The van der Waals surface area contributed by atoms with Crippen LogP contribution in [0.3, 0.4) is 0 Å². The fraction of sp³-hybridized carbons (Fsp3) is 0.667. The SMILES string of the molecule is CCC=C(C)NO[Si](C)(C)ONC(C)=CCC. The molecule has 2 N–H and O–H groups in total. The predicted molar refractivity (Wildman–Crippen MR) is 74.0 cm³/mol. The van der Waals surface area contributed by atoms with E-state index in [1.807, 2.05) is 26.9 Å². The van der Waals surface area contributed by atoms with Gasteiger partial charge in [0.2, 0.25) is 0 Å². The van der Waals surface area contributed by atoms with E-state index in [0.717, 1.165) is 24.2 Å². The molecule has 0 aromatic rings. The Hall–Kier alpha value is -0.783. The van der Waals surface area contributed by atoms with Gasteiger partial charge in [0.05, 0.1) is 0 Å². The Balaban J connectivity index is 4.03.